The minimum Gasteiger partial charge on any atom is -0.397 e. The Kier molecular flexibility index (Phi) is 4.45. The van der Waals surface area contributed by atoms with Crippen molar-refractivity contribution in [3.63, 3.8) is 0 Å². The Labute approximate surface area is 118 Å². The lowest BCUT2D eigenvalue weighted by Gasteiger charge is -2.16. The van der Waals surface area contributed by atoms with E-state index in [-0.39, 0.29) is 5.91 Å². The van der Waals surface area contributed by atoms with Crippen LogP contribution in [0.3, 0.4) is 0 Å². The molecule has 0 spiro atoms. The third-order valence-corrected chi connectivity index (χ3v) is 3.45. The summed E-state index contributed by atoms with van der Waals surface area (Å²) in [5.41, 5.74) is 12.6. The Bertz CT molecular complexity index is 510. The molecule has 6 nitrogen and oxygen atoms in total. The first-order valence-corrected chi connectivity index (χ1v) is 6.79. The van der Waals surface area contributed by atoms with Gasteiger partial charge in [-0.05, 0) is 31.0 Å². The standard InChI is InChI=1S/C14H20N4O2/c15-11-4-3-10(14(16)20)9-12(11)17-6-5-13(19)18-7-1-2-8-18/h3-4,9,17H,1-2,5-8,15H2,(H2,16,20). The fourth-order valence-electron chi connectivity index (χ4n) is 2.29. The SMILES string of the molecule is NC(=O)c1ccc(N)c(NCCC(=O)N2CCCC2)c1. The van der Waals surface area contributed by atoms with Gasteiger partial charge in [-0.25, -0.2) is 0 Å². The Balaban J connectivity index is 1.88. The second-order valence-electron chi connectivity index (χ2n) is 4.93. The van der Waals surface area contributed by atoms with Crippen LogP contribution in [0.2, 0.25) is 0 Å². The minimum atomic E-state index is -0.499. The number of nitrogen functional groups attached to an aromatic ring is 1. The molecule has 2 amide bonds. The van der Waals surface area contributed by atoms with Crippen LogP contribution in [-0.4, -0.2) is 36.3 Å². The van der Waals surface area contributed by atoms with Crippen LogP contribution in [0.1, 0.15) is 29.6 Å². The summed E-state index contributed by atoms with van der Waals surface area (Å²) < 4.78 is 0. The monoisotopic (exact) mass is 276 g/mol. The average Bonchev–Trinajstić information content (AvgIpc) is 2.94. The van der Waals surface area contributed by atoms with Gasteiger partial charge >= 0.3 is 0 Å². The molecule has 0 radical (unpaired) electrons. The summed E-state index contributed by atoms with van der Waals surface area (Å²) in [4.78, 5) is 24.9. The molecule has 108 valence electrons. The molecule has 0 aromatic heterocycles. The second-order valence-corrected chi connectivity index (χ2v) is 4.93. The van der Waals surface area contributed by atoms with E-state index in [1.807, 2.05) is 4.90 Å². The van der Waals surface area contributed by atoms with Crippen LogP contribution in [0.4, 0.5) is 11.4 Å². The molecule has 20 heavy (non-hydrogen) atoms. The number of hydrogen-bond acceptors (Lipinski definition) is 4. The third kappa shape index (κ3) is 3.40. The number of hydrogen-bond donors (Lipinski definition) is 3. The van der Waals surface area contributed by atoms with Crippen molar-refractivity contribution in [1.29, 1.82) is 0 Å². The van der Waals surface area contributed by atoms with Gasteiger partial charge in [0.1, 0.15) is 0 Å². The van der Waals surface area contributed by atoms with Crippen molar-refractivity contribution >= 4 is 23.2 Å². The number of nitrogens with one attached hydrogen (secondary N) is 1. The number of primary amides is 1. The second kappa shape index (κ2) is 6.27. The molecule has 1 aromatic carbocycles. The molecule has 1 aromatic rings. The smallest absolute Gasteiger partial charge is 0.248 e. The Morgan fingerprint density at radius 2 is 1.95 bits per heavy atom. The minimum absolute atomic E-state index is 0.152. The fraction of sp³-hybridized carbons (Fsp3) is 0.429. The molecule has 0 bridgehead atoms. The highest BCUT2D eigenvalue weighted by Crippen LogP contribution is 2.20. The summed E-state index contributed by atoms with van der Waals surface area (Å²) in [5, 5.41) is 3.08. The zero-order chi connectivity index (χ0) is 14.5. The first-order chi connectivity index (χ1) is 9.58. The highest BCUT2D eigenvalue weighted by molar-refractivity contribution is 5.95. The molecule has 2 rings (SSSR count). The van der Waals surface area contributed by atoms with E-state index < -0.39 is 5.91 Å². The lowest BCUT2D eigenvalue weighted by molar-refractivity contribution is -0.129. The summed E-state index contributed by atoms with van der Waals surface area (Å²) in [5.74, 6) is -0.346. The van der Waals surface area contributed by atoms with Crippen molar-refractivity contribution < 1.29 is 9.59 Å². The number of anilines is 2. The molecule has 1 fully saturated rings. The van der Waals surface area contributed by atoms with Gasteiger partial charge in [-0.3, -0.25) is 9.59 Å². The number of carbonyl (C=O) groups is 2. The summed E-state index contributed by atoms with van der Waals surface area (Å²) in [6.45, 7) is 2.21. The predicted molar refractivity (Wildman–Crippen MR) is 78.3 cm³/mol. The zero-order valence-electron chi connectivity index (χ0n) is 11.4. The lowest BCUT2D eigenvalue weighted by Crippen LogP contribution is -2.29. The van der Waals surface area contributed by atoms with Crippen LogP contribution >= 0.6 is 0 Å². The summed E-state index contributed by atoms with van der Waals surface area (Å²) in [6, 6.07) is 4.82. The Hall–Kier alpha value is -2.24. The quantitative estimate of drug-likeness (QED) is 0.692. The van der Waals surface area contributed by atoms with E-state index in [1.54, 1.807) is 18.2 Å². The van der Waals surface area contributed by atoms with Gasteiger partial charge in [0.15, 0.2) is 0 Å². The van der Waals surface area contributed by atoms with E-state index in [4.69, 9.17) is 11.5 Å². The summed E-state index contributed by atoms with van der Waals surface area (Å²) in [6.07, 6.45) is 2.60. The number of benzene rings is 1. The van der Waals surface area contributed by atoms with Gasteiger partial charge in [-0.1, -0.05) is 0 Å². The number of rotatable bonds is 5. The van der Waals surface area contributed by atoms with Gasteiger partial charge in [0.25, 0.3) is 0 Å². The van der Waals surface area contributed by atoms with Crippen LogP contribution in [0.15, 0.2) is 18.2 Å². The maximum absolute atomic E-state index is 11.9. The average molecular weight is 276 g/mol. The van der Waals surface area contributed by atoms with Gasteiger partial charge in [0.2, 0.25) is 11.8 Å². The highest BCUT2D eigenvalue weighted by atomic mass is 16.2. The topological polar surface area (TPSA) is 101 Å². The van der Waals surface area contributed by atoms with Crippen molar-refractivity contribution in [3.8, 4) is 0 Å². The first kappa shape index (κ1) is 14.2. The number of amides is 2. The van der Waals surface area contributed by atoms with Gasteiger partial charge in [0.05, 0.1) is 11.4 Å². The maximum atomic E-state index is 11.9. The van der Waals surface area contributed by atoms with E-state index in [0.717, 1.165) is 25.9 Å². The largest absolute Gasteiger partial charge is 0.397 e. The van der Waals surface area contributed by atoms with E-state index in [9.17, 15) is 9.59 Å². The van der Waals surface area contributed by atoms with Crippen molar-refractivity contribution in [3.05, 3.63) is 23.8 Å². The summed E-state index contributed by atoms with van der Waals surface area (Å²) >= 11 is 0. The van der Waals surface area contributed by atoms with Crippen LogP contribution in [0.5, 0.6) is 0 Å². The zero-order valence-corrected chi connectivity index (χ0v) is 11.4. The summed E-state index contributed by atoms with van der Waals surface area (Å²) in [7, 11) is 0. The van der Waals surface area contributed by atoms with E-state index in [1.165, 1.54) is 0 Å². The molecular weight excluding hydrogens is 256 g/mol. The maximum Gasteiger partial charge on any atom is 0.248 e. The lowest BCUT2D eigenvalue weighted by atomic mass is 10.1. The van der Waals surface area contributed by atoms with Crippen molar-refractivity contribution in [2.75, 3.05) is 30.7 Å². The van der Waals surface area contributed by atoms with Gasteiger partial charge < -0.3 is 21.7 Å². The Morgan fingerprint density at radius 1 is 1.25 bits per heavy atom. The van der Waals surface area contributed by atoms with Crippen molar-refractivity contribution in [2.45, 2.75) is 19.3 Å². The molecule has 6 heteroatoms. The molecule has 0 unspecified atom stereocenters. The van der Waals surface area contributed by atoms with Gasteiger partial charge in [-0.15, -0.1) is 0 Å². The highest BCUT2D eigenvalue weighted by Gasteiger charge is 2.17. The van der Waals surface area contributed by atoms with E-state index in [2.05, 4.69) is 5.32 Å². The van der Waals surface area contributed by atoms with Crippen LogP contribution in [-0.2, 0) is 4.79 Å². The van der Waals surface area contributed by atoms with E-state index in [0.29, 0.717) is 29.9 Å². The molecule has 0 atom stereocenters. The van der Waals surface area contributed by atoms with Crippen molar-refractivity contribution in [2.24, 2.45) is 5.73 Å². The molecule has 5 N–H and O–H groups in total. The van der Waals surface area contributed by atoms with Crippen LogP contribution in [0, 0.1) is 0 Å². The number of nitrogens with zero attached hydrogens (tertiary/aromatic N) is 1. The third-order valence-electron chi connectivity index (χ3n) is 3.45. The molecule has 0 saturated carbocycles. The number of likely N-dealkylation sites (tertiary alicyclic amines) is 1. The van der Waals surface area contributed by atoms with Crippen molar-refractivity contribution in [1.82, 2.24) is 4.90 Å². The molecule has 0 aliphatic carbocycles. The van der Waals surface area contributed by atoms with E-state index >= 15 is 0 Å². The predicted octanol–water partition coefficient (Wildman–Crippen LogP) is 0.792. The van der Waals surface area contributed by atoms with Crippen LogP contribution in [0.25, 0.3) is 0 Å². The molecule has 1 saturated heterocycles. The van der Waals surface area contributed by atoms with Gasteiger partial charge in [-0.2, -0.15) is 0 Å². The molecule has 1 aliphatic heterocycles. The number of nitrogens with two attached hydrogens (primary N) is 2. The Morgan fingerprint density at radius 3 is 2.60 bits per heavy atom. The number of carbonyl (C=O) groups excluding carboxylic acids is 2. The van der Waals surface area contributed by atoms with Gasteiger partial charge in [0, 0.05) is 31.6 Å². The normalized spacial score (nSPS) is 14.3. The first-order valence-electron chi connectivity index (χ1n) is 6.79. The molecule has 1 aliphatic rings. The molecular formula is C14H20N4O2. The van der Waals surface area contributed by atoms with Crippen LogP contribution < -0.4 is 16.8 Å². The molecule has 1 heterocycles. The fourth-order valence-corrected chi connectivity index (χ4v) is 2.29.